The molecule has 0 fully saturated rings. The molecule has 1 unspecified atom stereocenters. The summed E-state index contributed by atoms with van der Waals surface area (Å²) in [6.07, 6.45) is -1.27. The lowest BCUT2D eigenvalue weighted by Crippen LogP contribution is -2.35. The Morgan fingerprint density at radius 2 is 1.90 bits per heavy atom. The van der Waals surface area contributed by atoms with Crippen LogP contribution in [0.5, 0.6) is 0 Å². The van der Waals surface area contributed by atoms with Crippen molar-refractivity contribution in [2.24, 2.45) is 0 Å². The van der Waals surface area contributed by atoms with Gasteiger partial charge in [-0.05, 0) is 31.4 Å². The highest BCUT2D eigenvalue weighted by Gasteiger charge is 2.29. The van der Waals surface area contributed by atoms with Crippen molar-refractivity contribution in [3.8, 4) is 0 Å². The zero-order valence-corrected chi connectivity index (χ0v) is 17.2. The van der Waals surface area contributed by atoms with Crippen molar-refractivity contribution in [1.82, 2.24) is 25.3 Å². The first-order valence-electron chi connectivity index (χ1n) is 10.1. The van der Waals surface area contributed by atoms with Gasteiger partial charge >= 0.3 is 6.18 Å². The number of hydrogen-bond acceptors (Lipinski definition) is 4. The first kappa shape index (κ1) is 22.5. The maximum Gasteiger partial charge on any atom is 0.408 e. The largest absolute Gasteiger partial charge is 0.408 e. The van der Waals surface area contributed by atoms with E-state index in [1.807, 2.05) is 26.0 Å². The Hall–Kier alpha value is -3.17. The van der Waals surface area contributed by atoms with Gasteiger partial charge in [-0.1, -0.05) is 32.0 Å². The van der Waals surface area contributed by atoms with Crippen LogP contribution in [0.3, 0.4) is 0 Å². The van der Waals surface area contributed by atoms with E-state index < -0.39 is 18.6 Å². The molecule has 2 heterocycles. The number of nitrogens with one attached hydrogen (secondary N) is 2. The number of carbonyl (C=O) groups excluding carboxylic acids is 1. The quantitative estimate of drug-likeness (QED) is 0.563. The number of alkyl halides is 3. The number of carbonyl (C=O) groups is 1. The van der Waals surface area contributed by atoms with Crippen molar-refractivity contribution in [3.05, 3.63) is 58.3 Å². The summed E-state index contributed by atoms with van der Waals surface area (Å²) in [6, 6.07) is 8.36. The maximum atomic E-state index is 12.5. The van der Waals surface area contributed by atoms with Gasteiger partial charge in [-0.15, -0.1) is 0 Å². The molecular formula is C21H24F3N5O2. The Bertz CT molecular complexity index is 1110. The van der Waals surface area contributed by atoms with Gasteiger partial charge in [0.25, 0.3) is 11.5 Å². The number of benzene rings is 1. The minimum Gasteiger partial charge on any atom is -0.348 e. The summed E-state index contributed by atoms with van der Waals surface area (Å²) in [7, 11) is 0. The van der Waals surface area contributed by atoms with E-state index in [1.165, 1.54) is 6.07 Å². The molecular weight excluding hydrogens is 411 g/mol. The smallest absolute Gasteiger partial charge is 0.348 e. The first-order valence-corrected chi connectivity index (χ1v) is 10.1. The van der Waals surface area contributed by atoms with Crippen LogP contribution in [0.15, 0.2) is 41.3 Å². The molecule has 0 spiro atoms. The molecule has 0 aliphatic carbocycles. The van der Waals surface area contributed by atoms with Gasteiger partial charge in [0.2, 0.25) is 0 Å². The van der Waals surface area contributed by atoms with Crippen LogP contribution in [-0.4, -0.2) is 38.1 Å². The third-order valence-electron chi connectivity index (χ3n) is 5.18. The van der Waals surface area contributed by atoms with Gasteiger partial charge in [0.1, 0.15) is 12.2 Å². The van der Waals surface area contributed by atoms with Crippen LogP contribution in [0.2, 0.25) is 0 Å². The number of aromatic amines is 1. The Morgan fingerprint density at radius 3 is 2.58 bits per heavy atom. The van der Waals surface area contributed by atoms with Crippen LogP contribution in [-0.2, 0) is 6.54 Å². The summed E-state index contributed by atoms with van der Waals surface area (Å²) >= 11 is 0. The normalized spacial score (nSPS) is 13.8. The zero-order valence-electron chi connectivity index (χ0n) is 17.2. The lowest BCUT2D eigenvalue weighted by atomic mass is 9.94. The zero-order chi connectivity index (χ0) is 22.6. The minimum atomic E-state index is -4.40. The monoisotopic (exact) mass is 435 g/mol. The summed E-state index contributed by atoms with van der Waals surface area (Å²) in [5.74, 6) is -0.480. The van der Waals surface area contributed by atoms with E-state index in [9.17, 15) is 22.8 Å². The molecule has 0 aliphatic rings. The summed E-state index contributed by atoms with van der Waals surface area (Å²) in [5, 5.41) is 14.7. The van der Waals surface area contributed by atoms with Gasteiger partial charge in [0.05, 0.1) is 11.1 Å². The number of aromatic nitrogens is 4. The van der Waals surface area contributed by atoms with Gasteiger partial charge in [0, 0.05) is 23.5 Å². The molecule has 1 amide bonds. The van der Waals surface area contributed by atoms with Crippen LogP contribution in [0.25, 0.3) is 10.8 Å². The van der Waals surface area contributed by atoms with Crippen molar-refractivity contribution in [3.63, 3.8) is 0 Å². The predicted octanol–water partition coefficient (Wildman–Crippen LogP) is 3.77. The van der Waals surface area contributed by atoms with Crippen LogP contribution < -0.4 is 10.9 Å². The molecule has 2 aromatic heterocycles. The van der Waals surface area contributed by atoms with Crippen LogP contribution in [0.4, 0.5) is 13.2 Å². The Kier molecular flexibility index (Phi) is 6.77. The fraction of sp³-hybridized carbons (Fsp3) is 0.429. The highest BCUT2D eigenvalue weighted by Crippen LogP contribution is 2.25. The molecule has 1 aromatic carbocycles. The second-order valence-corrected chi connectivity index (χ2v) is 7.55. The van der Waals surface area contributed by atoms with Crippen molar-refractivity contribution in [2.45, 2.75) is 57.8 Å². The maximum absolute atomic E-state index is 12.5. The highest BCUT2D eigenvalue weighted by molar-refractivity contribution is 5.92. The average Bonchev–Trinajstić information content (AvgIpc) is 3.18. The molecule has 0 saturated heterocycles. The summed E-state index contributed by atoms with van der Waals surface area (Å²) in [6.45, 7) is 2.68. The molecule has 2 atom stereocenters. The number of amides is 1. The molecule has 31 heavy (non-hydrogen) atoms. The van der Waals surface area contributed by atoms with Crippen LogP contribution in [0, 0.1) is 0 Å². The highest BCUT2D eigenvalue weighted by atomic mass is 19.4. The van der Waals surface area contributed by atoms with Gasteiger partial charge < -0.3 is 5.32 Å². The molecule has 10 heteroatoms. The fourth-order valence-corrected chi connectivity index (χ4v) is 3.49. The molecule has 0 bridgehead atoms. The lowest BCUT2D eigenvalue weighted by Gasteiger charge is -2.19. The number of halogens is 3. The SMILES string of the molecule is CCC(CC[C@H](C)c1n[nH]c(=O)c2ccccc12)NC(=O)c1ccn(CC(F)(F)F)n1. The first-order chi connectivity index (χ1) is 14.7. The summed E-state index contributed by atoms with van der Waals surface area (Å²) in [4.78, 5) is 24.4. The summed E-state index contributed by atoms with van der Waals surface area (Å²) < 4.78 is 38.1. The van der Waals surface area contributed by atoms with Gasteiger partial charge in [0.15, 0.2) is 0 Å². The Labute approximate surface area is 176 Å². The molecule has 0 saturated carbocycles. The molecule has 7 nitrogen and oxygen atoms in total. The Morgan fingerprint density at radius 1 is 1.19 bits per heavy atom. The molecule has 2 N–H and O–H groups in total. The standard InChI is InChI=1S/C21H24F3N5O2/c1-3-14(25-20(31)17-10-11-29(28-17)12-21(22,23)24)9-8-13(2)18-15-6-4-5-7-16(15)19(30)27-26-18/h4-7,10-11,13-14H,3,8-9,12H2,1-2H3,(H,25,31)(H,27,30)/t13-,14?/m0/s1. The average molecular weight is 435 g/mol. The van der Waals surface area contributed by atoms with E-state index >= 15 is 0 Å². The molecule has 166 valence electrons. The van der Waals surface area contributed by atoms with E-state index in [2.05, 4.69) is 20.6 Å². The van der Waals surface area contributed by atoms with Gasteiger partial charge in [-0.2, -0.15) is 23.4 Å². The van der Waals surface area contributed by atoms with Crippen LogP contribution >= 0.6 is 0 Å². The lowest BCUT2D eigenvalue weighted by molar-refractivity contribution is -0.142. The minimum absolute atomic E-state index is 0.0266. The van der Waals surface area contributed by atoms with E-state index in [0.29, 0.717) is 29.3 Å². The van der Waals surface area contributed by atoms with Gasteiger partial charge in [-0.3, -0.25) is 14.3 Å². The molecule has 3 aromatic rings. The molecule has 3 rings (SSSR count). The van der Waals surface area contributed by atoms with Crippen LogP contribution in [0.1, 0.15) is 55.2 Å². The topological polar surface area (TPSA) is 92.7 Å². The molecule has 0 radical (unpaired) electrons. The fourth-order valence-electron chi connectivity index (χ4n) is 3.49. The van der Waals surface area contributed by atoms with E-state index in [1.54, 1.807) is 12.1 Å². The van der Waals surface area contributed by atoms with E-state index in [-0.39, 0.29) is 23.2 Å². The number of H-pyrrole nitrogens is 1. The molecule has 0 aliphatic heterocycles. The predicted molar refractivity (Wildman–Crippen MR) is 110 cm³/mol. The van der Waals surface area contributed by atoms with Gasteiger partial charge in [-0.25, -0.2) is 5.10 Å². The van der Waals surface area contributed by atoms with E-state index in [0.717, 1.165) is 17.3 Å². The van der Waals surface area contributed by atoms with E-state index in [4.69, 9.17) is 0 Å². The third kappa shape index (κ3) is 5.71. The Balaban J connectivity index is 1.62. The van der Waals surface area contributed by atoms with Crippen molar-refractivity contribution >= 4 is 16.7 Å². The summed E-state index contributed by atoms with van der Waals surface area (Å²) in [5.41, 5.74) is 0.488. The third-order valence-corrected chi connectivity index (χ3v) is 5.18. The number of hydrogen-bond donors (Lipinski definition) is 2. The number of fused-ring (bicyclic) bond motifs is 1. The van der Waals surface area contributed by atoms with Crippen molar-refractivity contribution in [1.29, 1.82) is 0 Å². The second-order valence-electron chi connectivity index (χ2n) is 7.55. The second kappa shape index (κ2) is 9.32. The van der Waals surface area contributed by atoms with Crippen molar-refractivity contribution in [2.75, 3.05) is 0 Å². The van der Waals surface area contributed by atoms with Crippen molar-refractivity contribution < 1.29 is 18.0 Å². The number of nitrogens with zero attached hydrogens (tertiary/aromatic N) is 3. The number of rotatable bonds is 8.